The zero-order chi connectivity index (χ0) is 12.1. The van der Waals surface area contributed by atoms with E-state index in [1.54, 1.807) is 12.4 Å². The van der Waals surface area contributed by atoms with E-state index in [9.17, 15) is 9.59 Å². The minimum absolute atomic E-state index is 0.149. The van der Waals surface area contributed by atoms with Crippen LogP contribution in [0.25, 0.3) is 0 Å². The summed E-state index contributed by atoms with van der Waals surface area (Å²) in [5.41, 5.74) is 10.1. The lowest BCUT2D eigenvalue weighted by molar-refractivity contribution is -0.117. The minimum atomic E-state index is -0.580. The summed E-state index contributed by atoms with van der Waals surface area (Å²) in [5.74, 6) is -0.912. The molecule has 2 amide bonds. The van der Waals surface area contributed by atoms with Crippen LogP contribution in [0.15, 0.2) is 12.4 Å². The number of amides is 2. The van der Waals surface area contributed by atoms with Gasteiger partial charge in [-0.2, -0.15) is 0 Å². The summed E-state index contributed by atoms with van der Waals surface area (Å²) < 4.78 is 0.847. The van der Waals surface area contributed by atoms with Gasteiger partial charge in [0.1, 0.15) is 13.1 Å². The SMILES string of the molecule is NC(=O)CN(CC(N)=O)c1ncc(I)cn1. The molecule has 4 N–H and O–H groups in total. The highest BCUT2D eigenvalue weighted by Crippen LogP contribution is 2.07. The second-order valence-electron chi connectivity index (χ2n) is 2.99. The topological polar surface area (TPSA) is 115 Å². The summed E-state index contributed by atoms with van der Waals surface area (Å²) in [7, 11) is 0. The molecule has 1 heterocycles. The Hall–Kier alpha value is -1.45. The van der Waals surface area contributed by atoms with Gasteiger partial charge < -0.3 is 16.4 Å². The maximum absolute atomic E-state index is 10.8. The van der Waals surface area contributed by atoms with Gasteiger partial charge in [0, 0.05) is 16.0 Å². The zero-order valence-corrected chi connectivity index (χ0v) is 10.4. The Bertz CT molecular complexity index is 378. The molecule has 0 aliphatic heterocycles. The van der Waals surface area contributed by atoms with E-state index in [1.807, 2.05) is 22.6 Å². The number of nitrogens with zero attached hydrogens (tertiary/aromatic N) is 3. The second-order valence-corrected chi connectivity index (χ2v) is 4.24. The van der Waals surface area contributed by atoms with Crippen LogP contribution in [-0.2, 0) is 9.59 Å². The minimum Gasteiger partial charge on any atom is -0.368 e. The normalized spacial score (nSPS) is 9.81. The van der Waals surface area contributed by atoms with E-state index in [-0.39, 0.29) is 19.0 Å². The third kappa shape index (κ3) is 3.96. The van der Waals surface area contributed by atoms with E-state index in [0.717, 1.165) is 3.57 Å². The molecule has 1 rings (SSSR count). The highest BCUT2D eigenvalue weighted by Gasteiger charge is 2.14. The Balaban J connectivity index is 2.86. The molecule has 1 aromatic heterocycles. The summed E-state index contributed by atoms with van der Waals surface area (Å²) >= 11 is 2.04. The molecule has 0 aromatic carbocycles. The first kappa shape index (κ1) is 12.6. The van der Waals surface area contributed by atoms with Crippen molar-refractivity contribution in [1.82, 2.24) is 9.97 Å². The van der Waals surface area contributed by atoms with Crippen LogP contribution in [-0.4, -0.2) is 34.9 Å². The van der Waals surface area contributed by atoms with Crippen molar-refractivity contribution in [2.45, 2.75) is 0 Å². The number of nitrogens with two attached hydrogens (primary N) is 2. The summed E-state index contributed by atoms with van der Waals surface area (Å²) in [4.78, 5) is 30.9. The molecular formula is C8H10IN5O2. The van der Waals surface area contributed by atoms with Crippen molar-refractivity contribution in [2.24, 2.45) is 11.5 Å². The molecule has 0 radical (unpaired) electrons. The van der Waals surface area contributed by atoms with Crippen molar-refractivity contribution in [3.05, 3.63) is 16.0 Å². The molecule has 7 nitrogen and oxygen atoms in total. The highest BCUT2D eigenvalue weighted by atomic mass is 127. The number of primary amides is 2. The molecule has 0 spiro atoms. The number of carbonyl (C=O) groups is 2. The third-order valence-corrected chi connectivity index (χ3v) is 2.14. The van der Waals surface area contributed by atoms with Crippen molar-refractivity contribution in [1.29, 1.82) is 0 Å². The average molecular weight is 335 g/mol. The Morgan fingerprint density at radius 2 is 1.62 bits per heavy atom. The van der Waals surface area contributed by atoms with E-state index in [0.29, 0.717) is 0 Å². The molecule has 0 aliphatic carbocycles. The van der Waals surface area contributed by atoms with Gasteiger partial charge >= 0.3 is 0 Å². The lowest BCUT2D eigenvalue weighted by Gasteiger charge is -2.18. The molecule has 16 heavy (non-hydrogen) atoms. The molecule has 0 fully saturated rings. The van der Waals surface area contributed by atoms with Crippen LogP contribution in [0.5, 0.6) is 0 Å². The molecule has 0 bridgehead atoms. The van der Waals surface area contributed by atoms with Crippen LogP contribution >= 0.6 is 22.6 Å². The Morgan fingerprint density at radius 3 is 2.00 bits per heavy atom. The molecule has 0 atom stereocenters. The fraction of sp³-hybridized carbons (Fsp3) is 0.250. The van der Waals surface area contributed by atoms with Gasteiger partial charge in [-0.15, -0.1) is 0 Å². The van der Waals surface area contributed by atoms with E-state index in [4.69, 9.17) is 11.5 Å². The van der Waals surface area contributed by atoms with E-state index in [2.05, 4.69) is 9.97 Å². The van der Waals surface area contributed by atoms with Gasteiger partial charge in [-0.3, -0.25) is 9.59 Å². The molecule has 8 heteroatoms. The van der Waals surface area contributed by atoms with Gasteiger partial charge in [-0.05, 0) is 22.6 Å². The fourth-order valence-electron chi connectivity index (χ4n) is 1.04. The van der Waals surface area contributed by atoms with Gasteiger partial charge in [0.25, 0.3) is 0 Å². The largest absolute Gasteiger partial charge is 0.368 e. The summed E-state index contributed by atoms with van der Waals surface area (Å²) in [5, 5.41) is 0. The zero-order valence-electron chi connectivity index (χ0n) is 8.26. The van der Waals surface area contributed by atoms with Crippen LogP contribution in [0.3, 0.4) is 0 Å². The summed E-state index contributed by atoms with van der Waals surface area (Å²) in [6, 6.07) is 0. The van der Waals surface area contributed by atoms with E-state index >= 15 is 0 Å². The van der Waals surface area contributed by atoms with Crippen LogP contribution in [0.4, 0.5) is 5.95 Å². The number of carbonyl (C=O) groups excluding carboxylic acids is 2. The Morgan fingerprint density at radius 1 is 1.19 bits per heavy atom. The smallest absolute Gasteiger partial charge is 0.237 e. The van der Waals surface area contributed by atoms with Crippen molar-refractivity contribution in [3.63, 3.8) is 0 Å². The van der Waals surface area contributed by atoms with Gasteiger partial charge in [0.05, 0.1) is 0 Å². The predicted molar refractivity (Wildman–Crippen MR) is 65.4 cm³/mol. The molecule has 0 unspecified atom stereocenters. The van der Waals surface area contributed by atoms with Gasteiger partial charge in [-0.1, -0.05) is 0 Å². The van der Waals surface area contributed by atoms with E-state index in [1.165, 1.54) is 4.90 Å². The number of aromatic nitrogens is 2. The van der Waals surface area contributed by atoms with Crippen molar-refractivity contribution >= 4 is 40.4 Å². The lowest BCUT2D eigenvalue weighted by Crippen LogP contribution is -2.40. The van der Waals surface area contributed by atoms with Gasteiger partial charge in [0.15, 0.2) is 0 Å². The molecule has 1 aromatic rings. The van der Waals surface area contributed by atoms with Crippen molar-refractivity contribution < 1.29 is 9.59 Å². The number of hydrogen-bond donors (Lipinski definition) is 2. The van der Waals surface area contributed by atoms with Gasteiger partial charge in [0.2, 0.25) is 17.8 Å². The fourth-order valence-corrected chi connectivity index (χ4v) is 1.32. The number of halogens is 1. The maximum atomic E-state index is 10.8. The third-order valence-electron chi connectivity index (χ3n) is 1.58. The monoisotopic (exact) mass is 335 g/mol. The molecular weight excluding hydrogens is 325 g/mol. The maximum Gasteiger partial charge on any atom is 0.237 e. The lowest BCUT2D eigenvalue weighted by atomic mass is 10.4. The van der Waals surface area contributed by atoms with Crippen LogP contribution in [0, 0.1) is 3.57 Å². The average Bonchev–Trinajstić information content (AvgIpc) is 2.16. The van der Waals surface area contributed by atoms with Crippen molar-refractivity contribution in [2.75, 3.05) is 18.0 Å². The number of hydrogen-bond acceptors (Lipinski definition) is 5. The molecule has 0 saturated carbocycles. The van der Waals surface area contributed by atoms with E-state index < -0.39 is 11.8 Å². The molecule has 86 valence electrons. The quantitative estimate of drug-likeness (QED) is 0.660. The standard InChI is InChI=1S/C8H10IN5O2/c9-5-1-12-8(13-2-5)14(3-6(10)15)4-7(11)16/h1-2H,3-4H2,(H2,10,15)(H2,11,16). The first-order valence-electron chi connectivity index (χ1n) is 4.28. The van der Waals surface area contributed by atoms with Crippen molar-refractivity contribution in [3.8, 4) is 0 Å². The molecule has 0 aliphatic rings. The van der Waals surface area contributed by atoms with Crippen LogP contribution < -0.4 is 16.4 Å². The predicted octanol–water partition coefficient (Wildman–Crippen LogP) is -1.14. The Labute approximate surface area is 105 Å². The number of rotatable bonds is 5. The van der Waals surface area contributed by atoms with Crippen LogP contribution in [0.1, 0.15) is 0 Å². The first-order chi connectivity index (χ1) is 7.49. The molecule has 0 saturated heterocycles. The first-order valence-corrected chi connectivity index (χ1v) is 5.36. The summed E-state index contributed by atoms with van der Waals surface area (Å²) in [6.07, 6.45) is 3.13. The van der Waals surface area contributed by atoms with Crippen LogP contribution in [0.2, 0.25) is 0 Å². The summed E-state index contributed by atoms with van der Waals surface area (Å²) in [6.45, 7) is -0.299. The Kier molecular flexibility index (Phi) is 4.40. The second kappa shape index (κ2) is 5.58. The number of anilines is 1. The van der Waals surface area contributed by atoms with Gasteiger partial charge in [-0.25, -0.2) is 9.97 Å². The highest BCUT2D eigenvalue weighted by molar-refractivity contribution is 14.1.